The Hall–Kier alpha value is -0.870. The molecule has 1 aliphatic rings. The average Bonchev–Trinajstić information content (AvgIpc) is 2.54. The molecule has 2 rings (SSSR count). The first-order chi connectivity index (χ1) is 5.86. The number of nitrogens with one attached hydrogen (secondary N) is 2. The van der Waals surface area contributed by atoms with Gasteiger partial charge in [-0.25, -0.2) is 0 Å². The number of nitrogens with zero attached hydrogens (tertiary/aromatic N) is 2. The summed E-state index contributed by atoms with van der Waals surface area (Å²) in [6, 6.07) is 0.437. The summed E-state index contributed by atoms with van der Waals surface area (Å²) in [6.45, 7) is 3.11. The van der Waals surface area contributed by atoms with Gasteiger partial charge >= 0.3 is 0 Å². The molecule has 2 heterocycles. The lowest BCUT2D eigenvalue weighted by Crippen LogP contribution is -2.42. The second kappa shape index (κ2) is 3.25. The molecule has 4 nitrogen and oxygen atoms in total. The van der Waals surface area contributed by atoms with Gasteiger partial charge in [-0.2, -0.15) is 5.10 Å². The Kier molecular flexibility index (Phi) is 2.10. The van der Waals surface area contributed by atoms with Crippen molar-refractivity contribution in [2.24, 2.45) is 7.05 Å². The quantitative estimate of drug-likeness (QED) is 0.599. The number of hydrogen-bond donors (Lipinski definition) is 2. The van der Waals surface area contributed by atoms with Crippen molar-refractivity contribution < 1.29 is 0 Å². The molecule has 66 valence electrons. The molecule has 0 radical (unpaired) electrons. The summed E-state index contributed by atoms with van der Waals surface area (Å²) in [6.07, 6.45) is 3.98. The lowest BCUT2D eigenvalue weighted by molar-refractivity contribution is 0.430. The summed E-state index contributed by atoms with van der Waals surface area (Å²) in [4.78, 5) is 0. The lowest BCUT2D eigenvalue weighted by Gasteiger charge is -2.23. The van der Waals surface area contributed by atoms with Gasteiger partial charge in [0.1, 0.15) is 0 Å². The van der Waals surface area contributed by atoms with Crippen LogP contribution >= 0.6 is 0 Å². The highest BCUT2D eigenvalue weighted by molar-refractivity contribution is 5.11. The summed E-state index contributed by atoms with van der Waals surface area (Å²) < 4.78 is 1.84. The Balaban J connectivity index is 2.08. The van der Waals surface area contributed by atoms with E-state index in [1.807, 2.05) is 17.9 Å². The minimum atomic E-state index is 0.437. The van der Waals surface area contributed by atoms with Crippen molar-refractivity contribution >= 4 is 0 Å². The Morgan fingerprint density at radius 2 is 2.50 bits per heavy atom. The Morgan fingerprint density at radius 1 is 1.58 bits per heavy atom. The fourth-order valence-electron chi connectivity index (χ4n) is 1.51. The fourth-order valence-corrected chi connectivity index (χ4v) is 1.51. The maximum atomic E-state index is 4.14. The molecule has 12 heavy (non-hydrogen) atoms. The van der Waals surface area contributed by atoms with Gasteiger partial charge in [0, 0.05) is 44.5 Å². The SMILES string of the molecule is Cn1cc([C@H]2CNCCN2)cn1. The molecule has 1 saturated heterocycles. The van der Waals surface area contributed by atoms with Gasteiger partial charge in [0.2, 0.25) is 0 Å². The predicted molar refractivity (Wildman–Crippen MR) is 46.8 cm³/mol. The normalized spacial score (nSPS) is 24.2. The third-order valence-corrected chi connectivity index (χ3v) is 2.17. The van der Waals surface area contributed by atoms with E-state index in [1.165, 1.54) is 5.56 Å². The highest BCUT2D eigenvalue weighted by Crippen LogP contribution is 2.11. The first kappa shape index (κ1) is 7.76. The molecule has 0 saturated carbocycles. The van der Waals surface area contributed by atoms with Crippen LogP contribution in [-0.2, 0) is 7.05 Å². The standard InChI is InChI=1S/C8H14N4/c1-12-6-7(4-11-12)8-5-9-2-3-10-8/h4,6,8-10H,2-3,5H2,1H3/t8-/m1/s1. The van der Waals surface area contributed by atoms with Gasteiger partial charge in [0.15, 0.2) is 0 Å². The Morgan fingerprint density at radius 3 is 3.08 bits per heavy atom. The summed E-state index contributed by atoms with van der Waals surface area (Å²) >= 11 is 0. The lowest BCUT2D eigenvalue weighted by atomic mass is 10.1. The molecule has 1 aliphatic heterocycles. The maximum Gasteiger partial charge on any atom is 0.0538 e. The van der Waals surface area contributed by atoms with E-state index in [-0.39, 0.29) is 0 Å². The summed E-state index contributed by atoms with van der Waals surface area (Å²) in [5.74, 6) is 0. The third-order valence-electron chi connectivity index (χ3n) is 2.17. The summed E-state index contributed by atoms with van der Waals surface area (Å²) in [5.41, 5.74) is 1.27. The largest absolute Gasteiger partial charge is 0.314 e. The Bertz CT molecular complexity index is 249. The number of rotatable bonds is 1. The van der Waals surface area contributed by atoms with Crippen LogP contribution in [0.1, 0.15) is 11.6 Å². The number of aromatic nitrogens is 2. The first-order valence-electron chi connectivity index (χ1n) is 4.29. The second-order valence-corrected chi connectivity index (χ2v) is 3.16. The minimum Gasteiger partial charge on any atom is -0.314 e. The van der Waals surface area contributed by atoms with E-state index in [0.717, 1.165) is 19.6 Å². The van der Waals surface area contributed by atoms with Crippen molar-refractivity contribution in [2.75, 3.05) is 19.6 Å². The summed E-state index contributed by atoms with van der Waals surface area (Å²) in [5, 5.41) is 10.9. The summed E-state index contributed by atoms with van der Waals surface area (Å²) in [7, 11) is 1.94. The smallest absolute Gasteiger partial charge is 0.0538 e. The minimum absolute atomic E-state index is 0.437. The monoisotopic (exact) mass is 166 g/mol. The van der Waals surface area contributed by atoms with Gasteiger partial charge in [0.25, 0.3) is 0 Å². The van der Waals surface area contributed by atoms with Crippen LogP contribution in [0.15, 0.2) is 12.4 Å². The molecule has 1 atom stereocenters. The van der Waals surface area contributed by atoms with E-state index in [1.54, 1.807) is 0 Å². The average molecular weight is 166 g/mol. The first-order valence-corrected chi connectivity index (χ1v) is 4.29. The molecule has 0 aromatic carbocycles. The number of aryl methyl sites for hydroxylation is 1. The van der Waals surface area contributed by atoms with Crippen molar-refractivity contribution in [1.82, 2.24) is 20.4 Å². The van der Waals surface area contributed by atoms with E-state index in [4.69, 9.17) is 0 Å². The van der Waals surface area contributed by atoms with Crippen LogP contribution in [0.2, 0.25) is 0 Å². The molecule has 1 fully saturated rings. The van der Waals surface area contributed by atoms with Crippen molar-refractivity contribution in [3.8, 4) is 0 Å². The zero-order valence-corrected chi connectivity index (χ0v) is 7.25. The molecule has 0 bridgehead atoms. The van der Waals surface area contributed by atoms with Crippen LogP contribution in [0, 0.1) is 0 Å². The van der Waals surface area contributed by atoms with E-state index >= 15 is 0 Å². The highest BCUT2D eigenvalue weighted by atomic mass is 15.2. The molecular formula is C8H14N4. The van der Waals surface area contributed by atoms with Crippen molar-refractivity contribution in [3.05, 3.63) is 18.0 Å². The van der Waals surface area contributed by atoms with E-state index in [0.29, 0.717) is 6.04 Å². The maximum absolute atomic E-state index is 4.14. The van der Waals surface area contributed by atoms with Crippen LogP contribution in [0.25, 0.3) is 0 Å². The molecule has 0 aliphatic carbocycles. The number of hydrogen-bond acceptors (Lipinski definition) is 3. The fraction of sp³-hybridized carbons (Fsp3) is 0.625. The molecule has 0 amide bonds. The van der Waals surface area contributed by atoms with E-state index in [9.17, 15) is 0 Å². The van der Waals surface area contributed by atoms with Crippen LogP contribution in [0.5, 0.6) is 0 Å². The van der Waals surface area contributed by atoms with Gasteiger partial charge in [-0.05, 0) is 0 Å². The van der Waals surface area contributed by atoms with Gasteiger partial charge in [-0.15, -0.1) is 0 Å². The topological polar surface area (TPSA) is 41.9 Å². The third kappa shape index (κ3) is 1.49. The Labute approximate surface area is 72.0 Å². The van der Waals surface area contributed by atoms with Gasteiger partial charge in [0.05, 0.1) is 6.20 Å². The van der Waals surface area contributed by atoms with Crippen molar-refractivity contribution in [1.29, 1.82) is 0 Å². The molecular weight excluding hydrogens is 152 g/mol. The highest BCUT2D eigenvalue weighted by Gasteiger charge is 2.14. The molecule has 1 aromatic rings. The van der Waals surface area contributed by atoms with E-state index < -0.39 is 0 Å². The molecule has 1 aromatic heterocycles. The van der Waals surface area contributed by atoms with Crippen LogP contribution in [0.4, 0.5) is 0 Å². The van der Waals surface area contributed by atoms with Crippen LogP contribution in [0.3, 0.4) is 0 Å². The number of piperazine rings is 1. The van der Waals surface area contributed by atoms with E-state index in [2.05, 4.69) is 21.9 Å². The zero-order valence-electron chi connectivity index (χ0n) is 7.25. The van der Waals surface area contributed by atoms with Crippen molar-refractivity contribution in [2.45, 2.75) is 6.04 Å². The molecule has 4 heteroatoms. The molecule has 0 unspecified atom stereocenters. The van der Waals surface area contributed by atoms with Gasteiger partial charge in [-0.3, -0.25) is 4.68 Å². The van der Waals surface area contributed by atoms with Crippen molar-refractivity contribution in [3.63, 3.8) is 0 Å². The van der Waals surface area contributed by atoms with Gasteiger partial charge in [-0.1, -0.05) is 0 Å². The zero-order chi connectivity index (χ0) is 8.39. The van der Waals surface area contributed by atoms with Crippen LogP contribution < -0.4 is 10.6 Å². The predicted octanol–water partition coefficient (Wildman–Crippen LogP) is -0.346. The van der Waals surface area contributed by atoms with Crippen LogP contribution in [-0.4, -0.2) is 29.4 Å². The van der Waals surface area contributed by atoms with Gasteiger partial charge < -0.3 is 10.6 Å². The molecule has 2 N–H and O–H groups in total. The molecule has 0 spiro atoms. The second-order valence-electron chi connectivity index (χ2n) is 3.16.